The lowest BCUT2D eigenvalue weighted by Crippen LogP contribution is -2.19. The Labute approximate surface area is 96.5 Å². The second-order valence-corrected chi connectivity index (χ2v) is 3.98. The van der Waals surface area contributed by atoms with Crippen molar-refractivity contribution in [1.29, 1.82) is 5.26 Å². The van der Waals surface area contributed by atoms with Crippen molar-refractivity contribution >= 4 is 0 Å². The fourth-order valence-corrected chi connectivity index (χ4v) is 1.55. The van der Waals surface area contributed by atoms with Crippen molar-refractivity contribution in [3.63, 3.8) is 0 Å². The van der Waals surface area contributed by atoms with Crippen LogP contribution in [0.3, 0.4) is 0 Å². The highest BCUT2D eigenvalue weighted by atomic mass is 16.3. The Bertz CT molecular complexity index is 365. The second kappa shape index (κ2) is 6.31. The lowest BCUT2D eigenvalue weighted by atomic mass is 10.2. The van der Waals surface area contributed by atoms with Crippen LogP contribution < -0.4 is 5.32 Å². The fourth-order valence-electron chi connectivity index (χ4n) is 1.55. The molecule has 2 N–H and O–H groups in total. The molecule has 1 unspecified atom stereocenters. The molecule has 0 saturated heterocycles. The molecule has 1 rings (SSSR count). The molecule has 4 heteroatoms. The molecule has 0 bridgehead atoms. The van der Waals surface area contributed by atoms with Gasteiger partial charge in [-0.05, 0) is 31.0 Å². The molecule has 1 aromatic rings. The van der Waals surface area contributed by atoms with Crippen LogP contribution in [0.5, 0.6) is 0 Å². The van der Waals surface area contributed by atoms with E-state index in [1.165, 1.54) is 0 Å². The molecule has 4 nitrogen and oxygen atoms in total. The SMILES string of the molecule is CCC(O)CCNCc1cc(C#N)n(C)c1. The third-order valence-electron chi connectivity index (χ3n) is 2.63. The highest BCUT2D eigenvalue weighted by Gasteiger charge is 2.02. The van der Waals surface area contributed by atoms with Crippen LogP contribution in [0.15, 0.2) is 12.3 Å². The van der Waals surface area contributed by atoms with Crippen LogP contribution in [0.4, 0.5) is 0 Å². The van der Waals surface area contributed by atoms with E-state index in [-0.39, 0.29) is 6.10 Å². The Hall–Kier alpha value is -1.31. The van der Waals surface area contributed by atoms with Gasteiger partial charge in [0.25, 0.3) is 0 Å². The van der Waals surface area contributed by atoms with Crippen LogP contribution in [0, 0.1) is 11.3 Å². The number of aliphatic hydroxyl groups is 1. The molecule has 0 aromatic carbocycles. The van der Waals surface area contributed by atoms with Crippen LogP contribution in [-0.2, 0) is 13.6 Å². The minimum absolute atomic E-state index is 0.210. The van der Waals surface area contributed by atoms with E-state index >= 15 is 0 Å². The van der Waals surface area contributed by atoms with Crippen LogP contribution in [-0.4, -0.2) is 22.3 Å². The number of nitrogens with zero attached hydrogens (tertiary/aromatic N) is 2. The van der Waals surface area contributed by atoms with Crippen LogP contribution in [0.25, 0.3) is 0 Å². The lowest BCUT2D eigenvalue weighted by Gasteiger charge is -2.07. The number of rotatable bonds is 6. The molecule has 88 valence electrons. The summed E-state index contributed by atoms with van der Waals surface area (Å²) < 4.78 is 1.82. The smallest absolute Gasteiger partial charge is 0.120 e. The van der Waals surface area contributed by atoms with Gasteiger partial charge in [0.15, 0.2) is 0 Å². The van der Waals surface area contributed by atoms with Crippen molar-refractivity contribution in [2.75, 3.05) is 6.54 Å². The maximum atomic E-state index is 9.35. The first-order chi connectivity index (χ1) is 7.67. The van der Waals surface area contributed by atoms with Gasteiger partial charge < -0.3 is 15.0 Å². The summed E-state index contributed by atoms with van der Waals surface area (Å²) in [6, 6.07) is 4.01. The maximum Gasteiger partial charge on any atom is 0.120 e. The third-order valence-corrected chi connectivity index (χ3v) is 2.63. The average molecular weight is 221 g/mol. The molecule has 0 aliphatic carbocycles. The Kier molecular flexibility index (Phi) is 5.03. The van der Waals surface area contributed by atoms with Crippen LogP contribution in [0.1, 0.15) is 31.0 Å². The summed E-state index contributed by atoms with van der Waals surface area (Å²) in [7, 11) is 1.86. The number of nitrogens with one attached hydrogen (secondary N) is 1. The number of aromatic nitrogens is 1. The quantitative estimate of drug-likeness (QED) is 0.708. The van der Waals surface area contributed by atoms with Gasteiger partial charge in [-0.1, -0.05) is 6.92 Å². The molecule has 0 spiro atoms. The minimum atomic E-state index is -0.210. The summed E-state index contributed by atoms with van der Waals surface area (Å²) in [6.45, 7) is 3.51. The van der Waals surface area contributed by atoms with Crippen molar-refractivity contribution < 1.29 is 5.11 Å². The van der Waals surface area contributed by atoms with E-state index in [1.54, 1.807) is 0 Å². The zero-order valence-electron chi connectivity index (χ0n) is 9.90. The van der Waals surface area contributed by atoms with Crippen molar-refractivity contribution in [2.24, 2.45) is 7.05 Å². The zero-order valence-corrected chi connectivity index (χ0v) is 9.90. The van der Waals surface area contributed by atoms with Gasteiger partial charge in [0, 0.05) is 19.8 Å². The van der Waals surface area contributed by atoms with E-state index < -0.39 is 0 Å². The van der Waals surface area contributed by atoms with Crippen LogP contribution in [0.2, 0.25) is 0 Å². The topological polar surface area (TPSA) is 61.0 Å². The van der Waals surface area contributed by atoms with E-state index in [0.29, 0.717) is 5.69 Å². The first-order valence-electron chi connectivity index (χ1n) is 5.61. The Balaban J connectivity index is 2.30. The first-order valence-corrected chi connectivity index (χ1v) is 5.61. The highest BCUT2D eigenvalue weighted by Crippen LogP contribution is 2.05. The van der Waals surface area contributed by atoms with E-state index in [0.717, 1.165) is 31.5 Å². The largest absolute Gasteiger partial charge is 0.393 e. The second-order valence-electron chi connectivity index (χ2n) is 3.98. The predicted octanol–water partition coefficient (Wildman–Crippen LogP) is 1.15. The molecule has 16 heavy (non-hydrogen) atoms. The first kappa shape index (κ1) is 12.8. The minimum Gasteiger partial charge on any atom is -0.393 e. The predicted molar refractivity (Wildman–Crippen MR) is 62.7 cm³/mol. The lowest BCUT2D eigenvalue weighted by molar-refractivity contribution is 0.159. The summed E-state index contributed by atoms with van der Waals surface area (Å²) in [5.74, 6) is 0. The van der Waals surface area contributed by atoms with Crippen molar-refractivity contribution in [3.05, 3.63) is 23.5 Å². The van der Waals surface area contributed by atoms with E-state index in [9.17, 15) is 5.11 Å². The van der Waals surface area contributed by atoms with Crippen molar-refractivity contribution in [2.45, 2.75) is 32.4 Å². The number of hydrogen-bond donors (Lipinski definition) is 2. The van der Waals surface area contributed by atoms with Gasteiger partial charge in [0.05, 0.1) is 6.10 Å². The molecule has 1 atom stereocenters. The number of aliphatic hydroxyl groups excluding tert-OH is 1. The van der Waals surface area contributed by atoms with E-state index in [4.69, 9.17) is 5.26 Å². The number of hydrogen-bond acceptors (Lipinski definition) is 3. The van der Waals surface area contributed by atoms with E-state index in [1.807, 2.05) is 30.8 Å². The molecule has 0 aliphatic rings. The van der Waals surface area contributed by atoms with Gasteiger partial charge in [-0.2, -0.15) is 5.26 Å². The normalized spacial score (nSPS) is 12.4. The van der Waals surface area contributed by atoms with Crippen LogP contribution >= 0.6 is 0 Å². The van der Waals surface area contributed by atoms with E-state index in [2.05, 4.69) is 11.4 Å². The molecule has 0 saturated carbocycles. The standard InChI is InChI=1S/C12H19N3O/c1-3-12(16)4-5-14-8-10-6-11(7-13)15(2)9-10/h6,9,12,14,16H,3-5,8H2,1-2H3. The van der Waals surface area contributed by atoms with Crippen molar-refractivity contribution in [1.82, 2.24) is 9.88 Å². The van der Waals surface area contributed by atoms with Gasteiger partial charge in [0.1, 0.15) is 11.8 Å². The molecular weight excluding hydrogens is 202 g/mol. The monoisotopic (exact) mass is 221 g/mol. The summed E-state index contributed by atoms with van der Waals surface area (Å²) in [6.07, 6.45) is 3.31. The zero-order chi connectivity index (χ0) is 12.0. The van der Waals surface area contributed by atoms with Gasteiger partial charge in [-0.25, -0.2) is 0 Å². The highest BCUT2D eigenvalue weighted by molar-refractivity contribution is 5.28. The molecule has 0 amide bonds. The Morgan fingerprint density at radius 2 is 2.38 bits per heavy atom. The summed E-state index contributed by atoms with van der Waals surface area (Å²) in [4.78, 5) is 0. The molecule has 1 aromatic heterocycles. The Morgan fingerprint density at radius 3 is 2.94 bits per heavy atom. The molecule has 0 fully saturated rings. The molecule has 1 heterocycles. The third kappa shape index (κ3) is 3.69. The summed E-state index contributed by atoms with van der Waals surface area (Å²) in [5.41, 5.74) is 1.77. The van der Waals surface area contributed by atoms with Gasteiger partial charge in [-0.15, -0.1) is 0 Å². The number of aryl methyl sites for hydroxylation is 1. The molecular formula is C12H19N3O. The van der Waals surface area contributed by atoms with Gasteiger partial charge in [-0.3, -0.25) is 0 Å². The maximum absolute atomic E-state index is 9.35. The summed E-state index contributed by atoms with van der Waals surface area (Å²) >= 11 is 0. The number of nitriles is 1. The molecule has 0 aliphatic heterocycles. The average Bonchev–Trinajstić information content (AvgIpc) is 2.64. The Morgan fingerprint density at radius 1 is 1.62 bits per heavy atom. The van der Waals surface area contributed by atoms with Gasteiger partial charge >= 0.3 is 0 Å². The molecule has 0 radical (unpaired) electrons. The van der Waals surface area contributed by atoms with Gasteiger partial charge in [0.2, 0.25) is 0 Å². The van der Waals surface area contributed by atoms with Crippen molar-refractivity contribution in [3.8, 4) is 6.07 Å². The fraction of sp³-hybridized carbons (Fsp3) is 0.583. The summed E-state index contributed by atoms with van der Waals surface area (Å²) in [5, 5.41) is 21.4.